The van der Waals surface area contributed by atoms with E-state index in [4.69, 9.17) is 4.74 Å². The number of sulfonamides is 1. The Hall–Kier alpha value is -3.32. The van der Waals surface area contributed by atoms with Crippen molar-refractivity contribution in [3.8, 4) is 5.75 Å². The minimum atomic E-state index is -3.88. The summed E-state index contributed by atoms with van der Waals surface area (Å²) in [6.07, 6.45) is 0.774. The minimum Gasteiger partial charge on any atom is -0.497 e. The van der Waals surface area contributed by atoms with E-state index >= 15 is 0 Å². The molecule has 0 aliphatic heterocycles. The molecule has 2 N–H and O–H groups in total. The number of hydrogen-bond donors (Lipinski definition) is 2. The Morgan fingerprint density at radius 3 is 2.37 bits per heavy atom. The van der Waals surface area contributed by atoms with Crippen LogP contribution in [-0.4, -0.2) is 21.4 Å². The zero-order valence-corrected chi connectivity index (χ0v) is 17.9. The first-order valence-electron chi connectivity index (χ1n) is 9.51. The molecule has 3 aromatic carbocycles. The third kappa shape index (κ3) is 4.80. The van der Waals surface area contributed by atoms with Gasteiger partial charge < -0.3 is 10.1 Å². The van der Waals surface area contributed by atoms with Gasteiger partial charge in [0.25, 0.3) is 15.9 Å². The Labute approximate surface area is 177 Å². The molecule has 0 atom stereocenters. The molecule has 0 spiro atoms. The van der Waals surface area contributed by atoms with E-state index in [1.54, 1.807) is 43.3 Å². The summed E-state index contributed by atoms with van der Waals surface area (Å²) in [4.78, 5) is 12.8. The fourth-order valence-corrected chi connectivity index (χ4v) is 4.38. The van der Waals surface area contributed by atoms with Gasteiger partial charge in [0.2, 0.25) is 0 Å². The lowest BCUT2D eigenvalue weighted by Crippen LogP contribution is -2.17. The molecular weight excluding hydrogens is 400 g/mol. The zero-order valence-electron chi connectivity index (χ0n) is 17.1. The lowest BCUT2D eigenvalue weighted by molar-refractivity contribution is 0.102. The average Bonchev–Trinajstić information content (AvgIpc) is 2.74. The van der Waals surface area contributed by atoms with Crippen molar-refractivity contribution in [3.63, 3.8) is 0 Å². The highest BCUT2D eigenvalue weighted by molar-refractivity contribution is 7.92. The summed E-state index contributed by atoms with van der Waals surface area (Å²) in [5.41, 5.74) is 2.93. The van der Waals surface area contributed by atoms with Crippen LogP contribution in [0.15, 0.2) is 71.6 Å². The lowest BCUT2D eigenvalue weighted by atomic mass is 10.1. The van der Waals surface area contributed by atoms with Gasteiger partial charge in [-0.15, -0.1) is 0 Å². The number of hydrogen-bond acceptors (Lipinski definition) is 4. The Morgan fingerprint density at radius 2 is 1.70 bits per heavy atom. The lowest BCUT2D eigenvalue weighted by Gasteiger charge is -2.13. The molecule has 0 aromatic heterocycles. The quantitative estimate of drug-likeness (QED) is 0.580. The predicted octanol–water partition coefficient (Wildman–Crippen LogP) is 4.62. The molecule has 0 unspecified atom stereocenters. The van der Waals surface area contributed by atoms with Crippen LogP contribution < -0.4 is 14.8 Å². The summed E-state index contributed by atoms with van der Waals surface area (Å²) in [7, 11) is -2.34. The summed E-state index contributed by atoms with van der Waals surface area (Å²) in [6.45, 7) is 3.70. The second-order valence-corrected chi connectivity index (χ2v) is 8.43. The Kier molecular flexibility index (Phi) is 6.42. The molecule has 7 heteroatoms. The molecule has 0 aliphatic rings. The van der Waals surface area contributed by atoms with Crippen molar-refractivity contribution in [2.24, 2.45) is 0 Å². The topological polar surface area (TPSA) is 84.5 Å². The number of para-hydroxylation sites is 1. The van der Waals surface area contributed by atoms with E-state index < -0.39 is 10.0 Å². The fraction of sp³-hybridized carbons (Fsp3) is 0.174. The van der Waals surface area contributed by atoms with Crippen LogP contribution in [0.4, 0.5) is 11.4 Å². The first-order chi connectivity index (χ1) is 14.3. The molecule has 0 saturated carbocycles. The Bertz CT molecular complexity index is 1160. The van der Waals surface area contributed by atoms with E-state index in [9.17, 15) is 13.2 Å². The number of carbonyl (C=O) groups is 1. The minimum absolute atomic E-state index is 0.0507. The molecular formula is C23H24N2O4S. The van der Waals surface area contributed by atoms with Gasteiger partial charge in [-0.1, -0.05) is 31.2 Å². The van der Waals surface area contributed by atoms with Crippen LogP contribution in [0.25, 0.3) is 0 Å². The highest BCUT2D eigenvalue weighted by Crippen LogP contribution is 2.23. The SMILES string of the molecule is CCc1ccccc1NC(=O)c1ccc(C)c(S(=O)(=O)Nc2ccc(OC)cc2)c1. The highest BCUT2D eigenvalue weighted by Gasteiger charge is 2.20. The molecule has 0 heterocycles. The molecule has 3 aromatic rings. The molecule has 156 valence electrons. The average molecular weight is 425 g/mol. The second kappa shape index (κ2) is 9.00. The van der Waals surface area contributed by atoms with Crippen molar-refractivity contribution in [3.05, 3.63) is 83.4 Å². The van der Waals surface area contributed by atoms with Crippen LogP contribution in [-0.2, 0) is 16.4 Å². The van der Waals surface area contributed by atoms with Gasteiger partial charge in [0.15, 0.2) is 0 Å². The van der Waals surface area contributed by atoms with Gasteiger partial charge in [-0.25, -0.2) is 8.42 Å². The van der Waals surface area contributed by atoms with Gasteiger partial charge in [0.1, 0.15) is 5.75 Å². The maximum Gasteiger partial charge on any atom is 0.262 e. The number of anilines is 2. The van der Waals surface area contributed by atoms with Crippen molar-refractivity contribution in [1.29, 1.82) is 0 Å². The number of aryl methyl sites for hydroxylation is 2. The van der Waals surface area contributed by atoms with Crippen molar-refractivity contribution in [2.45, 2.75) is 25.2 Å². The van der Waals surface area contributed by atoms with Crippen LogP contribution >= 0.6 is 0 Å². The summed E-state index contributed by atoms with van der Waals surface area (Å²) < 4.78 is 33.5. The first kappa shape index (κ1) is 21.4. The number of rotatable bonds is 7. The van der Waals surface area contributed by atoms with Gasteiger partial charge in [0.05, 0.1) is 12.0 Å². The van der Waals surface area contributed by atoms with Gasteiger partial charge in [-0.3, -0.25) is 9.52 Å². The van der Waals surface area contributed by atoms with Crippen molar-refractivity contribution in [1.82, 2.24) is 0 Å². The zero-order chi connectivity index (χ0) is 21.7. The van der Waals surface area contributed by atoms with Crippen LogP contribution in [0.5, 0.6) is 5.75 Å². The molecule has 6 nitrogen and oxygen atoms in total. The maximum absolute atomic E-state index is 12.9. The standard InChI is InChI=1S/C23H24N2O4S/c1-4-17-7-5-6-8-21(17)24-23(26)18-10-9-16(2)22(15-18)30(27,28)25-19-11-13-20(29-3)14-12-19/h5-15,25H,4H2,1-3H3,(H,24,26). The van der Waals surface area contributed by atoms with E-state index in [1.807, 2.05) is 31.2 Å². The number of nitrogens with one attached hydrogen (secondary N) is 2. The smallest absolute Gasteiger partial charge is 0.262 e. The van der Waals surface area contributed by atoms with E-state index in [0.29, 0.717) is 22.7 Å². The number of amides is 1. The third-order valence-corrected chi connectivity index (χ3v) is 6.25. The second-order valence-electron chi connectivity index (χ2n) is 6.78. The van der Waals surface area contributed by atoms with Crippen LogP contribution in [0.1, 0.15) is 28.4 Å². The van der Waals surface area contributed by atoms with E-state index in [2.05, 4.69) is 10.0 Å². The number of ether oxygens (including phenoxy) is 1. The van der Waals surface area contributed by atoms with Gasteiger partial charge in [-0.05, 0) is 66.9 Å². The summed E-state index contributed by atoms with van der Waals surface area (Å²) in [6, 6.07) is 18.7. The number of benzene rings is 3. The summed E-state index contributed by atoms with van der Waals surface area (Å²) in [5.74, 6) is 0.261. The van der Waals surface area contributed by atoms with Gasteiger partial charge >= 0.3 is 0 Å². The molecule has 30 heavy (non-hydrogen) atoms. The Morgan fingerprint density at radius 1 is 1.00 bits per heavy atom. The fourth-order valence-electron chi connectivity index (χ4n) is 3.05. The molecule has 0 bridgehead atoms. The monoisotopic (exact) mass is 424 g/mol. The van der Waals surface area contributed by atoms with E-state index in [0.717, 1.165) is 12.0 Å². The third-order valence-electron chi connectivity index (χ3n) is 4.73. The summed E-state index contributed by atoms with van der Waals surface area (Å²) >= 11 is 0. The van der Waals surface area contributed by atoms with Gasteiger partial charge in [-0.2, -0.15) is 0 Å². The molecule has 3 rings (SSSR count). The highest BCUT2D eigenvalue weighted by atomic mass is 32.2. The van der Waals surface area contributed by atoms with Crippen LogP contribution in [0.2, 0.25) is 0 Å². The Balaban J connectivity index is 1.87. The van der Waals surface area contributed by atoms with Crippen LogP contribution in [0, 0.1) is 6.92 Å². The predicted molar refractivity (Wildman–Crippen MR) is 119 cm³/mol. The normalized spacial score (nSPS) is 11.0. The summed E-state index contributed by atoms with van der Waals surface area (Å²) in [5, 5.41) is 2.87. The molecule has 0 fully saturated rings. The van der Waals surface area contributed by atoms with Gasteiger partial charge in [0, 0.05) is 16.9 Å². The maximum atomic E-state index is 12.9. The van der Waals surface area contributed by atoms with Crippen molar-refractivity contribution in [2.75, 3.05) is 17.1 Å². The van der Waals surface area contributed by atoms with E-state index in [-0.39, 0.29) is 16.4 Å². The molecule has 0 radical (unpaired) electrons. The molecule has 1 amide bonds. The molecule has 0 aliphatic carbocycles. The molecule has 0 saturated heterocycles. The first-order valence-corrected chi connectivity index (χ1v) is 11.0. The van der Waals surface area contributed by atoms with Crippen molar-refractivity contribution < 1.29 is 17.9 Å². The van der Waals surface area contributed by atoms with Crippen molar-refractivity contribution >= 4 is 27.3 Å². The number of methoxy groups -OCH3 is 1. The number of carbonyl (C=O) groups excluding carboxylic acids is 1. The van der Waals surface area contributed by atoms with E-state index in [1.165, 1.54) is 13.2 Å². The largest absolute Gasteiger partial charge is 0.497 e. The van der Waals surface area contributed by atoms with Crippen LogP contribution in [0.3, 0.4) is 0 Å².